The summed E-state index contributed by atoms with van der Waals surface area (Å²) in [5.41, 5.74) is 1.40. The second kappa shape index (κ2) is 5.65. The van der Waals surface area contributed by atoms with Crippen molar-refractivity contribution in [1.29, 1.82) is 0 Å². The average Bonchev–Trinajstić information content (AvgIpc) is 2.73. The predicted octanol–water partition coefficient (Wildman–Crippen LogP) is 3.89. The third-order valence-corrected chi connectivity index (χ3v) is 4.30. The van der Waals surface area contributed by atoms with Crippen LogP contribution in [0.2, 0.25) is 0 Å². The van der Waals surface area contributed by atoms with E-state index in [1.165, 1.54) is 10.4 Å². The van der Waals surface area contributed by atoms with E-state index in [-0.39, 0.29) is 0 Å². The summed E-state index contributed by atoms with van der Waals surface area (Å²) < 4.78 is 1.02. The minimum Gasteiger partial charge on any atom is -0.359 e. The molecule has 0 atom stereocenters. The molecule has 0 aromatic carbocycles. The standard InChI is InChI=1S/C13H15BrN2S/c1-10-6-8-17-12(10)5-7-16(2)13-4-3-11(14)9-15-13/h3-4,6,8-9H,5,7H2,1-2H3. The van der Waals surface area contributed by atoms with Crippen molar-refractivity contribution in [2.24, 2.45) is 0 Å². The first-order valence-corrected chi connectivity index (χ1v) is 7.20. The van der Waals surface area contributed by atoms with Crippen molar-refractivity contribution in [2.75, 3.05) is 18.5 Å². The van der Waals surface area contributed by atoms with Crippen LogP contribution < -0.4 is 4.90 Å². The minimum absolute atomic E-state index is 0.996. The van der Waals surface area contributed by atoms with Gasteiger partial charge in [-0.15, -0.1) is 11.3 Å². The van der Waals surface area contributed by atoms with Crippen molar-refractivity contribution in [1.82, 2.24) is 4.98 Å². The molecule has 90 valence electrons. The molecule has 0 bridgehead atoms. The molecule has 0 saturated carbocycles. The Balaban J connectivity index is 1.95. The number of anilines is 1. The van der Waals surface area contributed by atoms with Gasteiger partial charge >= 0.3 is 0 Å². The van der Waals surface area contributed by atoms with Gasteiger partial charge < -0.3 is 4.90 Å². The van der Waals surface area contributed by atoms with Gasteiger partial charge in [-0.25, -0.2) is 4.98 Å². The van der Waals surface area contributed by atoms with Gasteiger partial charge in [-0.1, -0.05) is 0 Å². The van der Waals surface area contributed by atoms with Gasteiger partial charge in [-0.05, 0) is 58.4 Å². The molecule has 0 amide bonds. The molecule has 17 heavy (non-hydrogen) atoms. The first kappa shape index (κ1) is 12.6. The van der Waals surface area contributed by atoms with Crippen molar-refractivity contribution < 1.29 is 0 Å². The van der Waals surface area contributed by atoms with E-state index in [0.717, 1.165) is 23.3 Å². The van der Waals surface area contributed by atoms with Crippen LogP contribution in [0.4, 0.5) is 5.82 Å². The van der Waals surface area contributed by atoms with Gasteiger partial charge in [0.1, 0.15) is 5.82 Å². The highest BCUT2D eigenvalue weighted by molar-refractivity contribution is 9.10. The first-order valence-electron chi connectivity index (χ1n) is 5.52. The van der Waals surface area contributed by atoms with Crippen LogP contribution >= 0.6 is 27.3 Å². The number of thiophene rings is 1. The maximum absolute atomic E-state index is 4.38. The fraction of sp³-hybridized carbons (Fsp3) is 0.308. The molecule has 0 unspecified atom stereocenters. The van der Waals surface area contributed by atoms with Gasteiger partial charge in [0.25, 0.3) is 0 Å². The lowest BCUT2D eigenvalue weighted by Crippen LogP contribution is -2.21. The van der Waals surface area contributed by atoms with E-state index < -0.39 is 0 Å². The van der Waals surface area contributed by atoms with Crippen molar-refractivity contribution in [3.05, 3.63) is 44.7 Å². The monoisotopic (exact) mass is 310 g/mol. The number of hydrogen-bond acceptors (Lipinski definition) is 3. The van der Waals surface area contributed by atoms with Crippen molar-refractivity contribution in [3.63, 3.8) is 0 Å². The molecule has 2 aromatic heterocycles. The number of hydrogen-bond donors (Lipinski definition) is 0. The number of aromatic nitrogens is 1. The molecule has 0 aliphatic rings. The van der Waals surface area contributed by atoms with E-state index in [4.69, 9.17) is 0 Å². The van der Waals surface area contributed by atoms with Gasteiger partial charge in [-0.2, -0.15) is 0 Å². The lowest BCUT2D eigenvalue weighted by molar-refractivity contribution is 0.865. The maximum atomic E-state index is 4.38. The summed E-state index contributed by atoms with van der Waals surface area (Å²) >= 11 is 5.23. The second-order valence-electron chi connectivity index (χ2n) is 4.03. The molecule has 0 spiro atoms. The summed E-state index contributed by atoms with van der Waals surface area (Å²) in [4.78, 5) is 8.04. The van der Waals surface area contributed by atoms with Gasteiger partial charge in [0.15, 0.2) is 0 Å². The normalized spacial score (nSPS) is 10.5. The highest BCUT2D eigenvalue weighted by Gasteiger charge is 2.05. The Kier molecular flexibility index (Phi) is 4.18. The summed E-state index contributed by atoms with van der Waals surface area (Å²) in [7, 11) is 2.08. The first-order chi connectivity index (χ1) is 8.16. The molecule has 0 N–H and O–H groups in total. The molecule has 2 nitrogen and oxygen atoms in total. The largest absolute Gasteiger partial charge is 0.359 e. The number of halogens is 1. The second-order valence-corrected chi connectivity index (χ2v) is 5.95. The summed E-state index contributed by atoms with van der Waals surface area (Å²) in [6, 6.07) is 6.23. The van der Waals surface area contributed by atoms with Crippen molar-refractivity contribution in [3.8, 4) is 0 Å². The zero-order valence-corrected chi connectivity index (χ0v) is 12.4. The van der Waals surface area contributed by atoms with Crippen LogP contribution in [0.3, 0.4) is 0 Å². The van der Waals surface area contributed by atoms with Crippen LogP contribution in [-0.2, 0) is 6.42 Å². The molecule has 0 fully saturated rings. The minimum atomic E-state index is 0.996. The molecular formula is C13H15BrN2S. The average molecular weight is 311 g/mol. The molecule has 4 heteroatoms. The lowest BCUT2D eigenvalue weighted by Gasteiger charge is -2.17. The van der Waals surface area contributed by atoms with E-state index in [1.807, 2.05) is 29.7 Å². The summed E-state index contributed by atoms with van der Waals surface area (Å²) in [5.74, 6) is 1.02. The number of pyridine rings is 1. The van der Waals surface area contributed by atoms with Gasteiger partial charge in [0, 0.05) is 29.1 Å². The van der Waals surface area contributed by atoms with Gasteiger partial charge in [-0.3, -0.25) is 0 Å². The van der Waals surface area contributed by atoms with Gasteiger partial charge in [0.2, 0.25) is 0 Å². The molecule has 0 radical (unpaired) electrons. The summed E-state index contributed by atoms with van der Waals surface area (Å²) in [6.45, 7) is 3.17. The molecular weight excluding hydrogens is 296 g/mol. The smallest absolute Gasteiger partial charge is 0.128 e. The van der Waals surface area contributed by atoms with Crippen LogP contribution in [-0.4, -0.2) is 18.6 Å². The number of nitrogens with zero attached hydrogens (tertiary/aromatic N) is 2. The van der Waals surface area contributed by atoms with Crippen LogP contribution in [0.25, 0.3) is 0 Å². The van der Waals surface area contributed by atoms with Crippen LogP contribution in [0.1, 0.15) is 10.4 Å². The fourth-order valence-corrected chi connectivity index (χ4v) is 2.77. The van der Waals surface area contributed by atoms with Crippen LogP contribution in [0, 0.1) is 6.92 Å². The summed E-state index contributed by atoms with van der Waals surface area (Å²) in [6.07, 6.45) is 2.92. The Bertz CT molecular complexity index is 478. The number of likely N-dealkylation sites (N-methyl/N-ethyl adjacent to an activating group) is 1. The Morgan fingerprint density at radius 3 is 2.76 bits per heavy atom. The Hall–Kier alpha value is -0.870. The quantitative estimate of drug-likeness (QED) is 0.851. The molecule has 0 aliphatic carbocycles. The molecule has 2 heterocycles. The third-order valence-electron chi connectivity index (χ3n) is 2.75. The lowest BCUT2D eigenvalue weighted by atomic mass is 10.2. The number of aryl methyl sites for hydroxylation is 1. The zero-order chi connectivity index (χ0) is 12.3. The molecule has 2 aromatic rings. The Labute approximate surface area is 114 Å². The molecule has 2 rings (SSSR count). The maximum Gasteiger partial charge on any atom is 0.128 e. The van der Waals surface area contributed by atoms with Crippen molar-refractivity contribution >= 4 is 33.1 Å². The zero-order valence-electron chi connectivity index (χ0n) is 9.98. The number of rotatable bonds is 4. The van der Waals surface area contributed by atoms with E-state index in [1.54, 1.807) is 0 Å². The Morgan fingerprint density at radius 1 is 1.35 bits per heavy atom. The Morgan fingerprint density at radius 2 is 2.18 bits per heavy atom. The van der Waals surface area contributed by atoms with E-state index >= 15 is 0 Å². The highest BCUT2D eigenvalue weighted by atomic mass is 79.9. The van der Waals surface area contributed by atoms with E-state index in [0.29, 0.717) is 0 Å². The van der Waals surface area contributed by atoms with E-state index in [2.05, 4.69) is 51.2 Å². The van der Waals surface area contributed by atoms with Gasteiger partial charge in [0.05, 0.1) is 0 Å². The predicted molar refractivity (Wildman–Crippen MR) is 78.0 cm³/mol. The highest BCUT2D eigenvalue weighted by Crippen LogP contribution is 2.18. The van der Waals surface area contributed by atoms with E-state index in [9.17, 15) is 0 Å². The molecule has 0 saturated heterocycles. The molecule has 0 aliphatic heterocycles. The van der Waals surface area contributed by atoms with Crippen LogP contribution in [0.15, 0.2) is 34.2 Å². The SMILES string of the molecule is Cc1ccsc1CCN(C)c1ccc(Br)cn1. The van der Waals surface area contributed by atoms with Crippen LogP contribution in [0.5, 0.6) is 0 Å². The fourth-order valence-electron chi connectivity index (χ4n) is 1.64. The topological polar surface area (TPSA) is 16.1 Å². The third kappa shape index (κ3) is 3.30. The van der Waals surface area contributed by atoms with Crippen molar-refractivity contribution in [2.45, 2.75) is 13.3 Å². The summed E-state index contributed by atoms with van der Waals surface area (Å²) in [5, 5.41) is 2.16.